The van der Waals surface area contributed by atoms with Gasteiger partial charge in [-0.25, -0.2) is 8.42 Å². The van der Waals surface area contributed by atoms with Gasteiger partial charge in [0.2, 0.25) is 11.8 Å². The zero-order chi connectivity index (χ0) is 19.3. The second kappa shape index (κ2) is 6.64. The van der Waals surface area contributed by atoms with Crippen molar-refractivity contribution in [2.24, 2.45) is 11.3 Å². The average Bonchev–Trinajstić information content (AvgIpc) is 2.47. The van der Waals surface area contributed by atoms with Crippen molar-refractivity contribution in [3.63, 3.8) is 0 Å². The molecule has 2 N–H and O–H groups in total. The van der Waals surface area contributed by atoms with Gasteiger partial charge in [0, 0.05) is 30.6 Å². The maximum absolute atomic E-state index is 12.5. The van der Waals surface area contributed by atoms with Crippen LogP contribution in [-0.2, 0) is 19.4 Å². The second-order valence-electron chi connectivity index (χ2n) is 8.57. The van der Waals surface area contributed by atoms with Crippen LogP contribution in [0.5, 0.6) is 0 Å². The number of nitrogens with one attached hydrogen (secondary N) is 1. The number of piperidine rings is 1. The highest BCUT2D eigenvalue weighted by Gasteiger charge is 2.58. The summed E-state index contributed by atoms with van der Waals surface area (Å²) in [7, 11) is -2.88. The molecule has 0 radical (unpaired) electrons. The number of aliphatic hydroxyl groups is 1. The normalized spacial score (nSPS) is 29.5. The predicted molar refractivity (Wildman–Crippen MR) is 97.0 cm³/mol. The molecular weight excluding hydrogens is 356 g/mol. The zero-order valence-electron chi connectivity index (χ0n) is 15.6. The van der Waals surface area contributed by atoms with Crippen molar-refractivity contribution in [1.82, 2.24) is 10.2 Å². The maximum Gasteiger partial charge on any atom is 0.249 e. The molecule has 3 aliphatic rings. The SMILES string of the molecule is CC(C)=C(C)C(=O)N1CC(O)CC(NC(=O)C2CC3(C2)CS(=O)(=O)C3)C1. The standard InChI is InChI=1S/C18H28N2O5S/c1-11(2)12(3)17(23)20-7-14(4-15(21)8-20)19-16(22)13-5-18(6-13)9-26(24,25)10-18/h13-15,21H,4-10H2,1-3H3,(H,19,22). The van der Waals surface area contributed by atoms with E-state index in [2.05, 4.69) is 5.32 Å². The van der Waals surface area contributed by atoms with E-state index in [9.17, 15) is 23.1 Å². The number of hydrogen-bond donors (Lipinski definition) is 2. The fourth-order valence-corrected chi connectivity index (χ4v) is 6.66. The van der Waals surface area contributed by atoms with Crippen molar-refractivity contribution < 1.29 is 23.1 Å². The summed E-state index contributed by atoms with van der Waals surface area (Å²) in [4.78, 5) is 26.5. The third kappa shape index (κ3) is 3.81. The molecular formula is C18H28N2O5S. The van der Waals surface area contributed by atoms with Gasteiger partial charge in [0.1, 0.15) is 0 Å². The molecule has 7 nitrogen and oxygen atoms in total. The van der Waals surface area contributed by atoms with E-state index in [0.717, 1.165) is 5.57 Å². The molecule has 0 bridgehead atoms. The first kappa shape index (κ1) is 19.4. The molecule has 1 saturated carbocycles. The van der Waals surface area contributed by atoms with Gasteiger partial charge in [0.05, 0.1) is 17.6 Å². The van der Waals surface area contributed by atoms with Gasteiger partial charge in [-0.15, -0.1) is 0 Å². The number of amides is 2. The van der Waals surface area contributed by atoms with E-state index in [1.54, 1.807) is 11.8 Å². The Balaban J connectivity index is 1.54. The number of nitrogens with zero attached hydrogens (tertiary/aromatic N) is 1. The number of aliphatic hydroxyl groups excluding tert-OH is 1. The molecule has 1 aliphatic carbocycles. The van der Waals surface area contributed by atoms with E-state index in [0.29, 0.717) is 31.4 Å². The molecule has 146 valence electrons. The first-order chi connectivity index (χ1) is 12.0. The van der Waals surface area contributed by atoms with E-state index >= 15 is 0 Å². The summed E-state index contributed by atoms with van der Waals surface area (Å²) < 4.78 is 22.7. The van der Waals surface area contributed by atoms with Crippen LogP contribution < -0.4 is 5.32 Å². The minimum Gasteiger partial charge on any atom is -0.391 e. The Kier molecular flexibility index (Phi) is 4.94. The van der Waals surface area contributed by atoms with Crippen molar-refractivity contribution in [2.75, 3.05) is 24.6 Å². The van der Waals surface area contributed by atoms with Crippen LogP contribution in [0.4, 0.5) is 0 Å². The van der Waals surface area contributed by atoms with Crippen LogP contribution in [-0.4, -0.2) is 67.0 Å². The first-order valence-corrected chi connectivity index (χ1v) is 10.9. The number of carbonyl (C=O) groups is 2. The topological polar surface area (TPSA) is 104 Å². The van der Waals surface area contributed by atoms with Crippen molar-refractivity contribution >= 4 is 21.7 Å². The van der Waals surface area contributed by atoms with E-state index in [1.807, 2.05) is 13.8 Å². The number of rotatable bonds is 3. The number of β-amino-alcohol motifs (C(OH)–C–C–N with tert-alkyl or cyclic N) is 1. The molecule has 3 fully saturated rings. The molecule has 2 saturated heterocycles. The second-order valence-corrected chi connectivity index (χ2v) is 10.6. The van der Waals surface area contributed by atoms with Gasteiger partial charge in [0.25, 0.3) is 0 Å². The highest BCUT2D eigenvalue weighted by molar-refractivity contribution is 7.92. The van der Waals surface area contributed by atoms with Gasteiger partial charge >= 0.3 is 0 Å². The van der Waals surface area contributed by atoms with Gasteiger partial charge in [-0.1, -0.05) is 5.57 Å². The van der Waals surface area contributed by atoms with Gasteiger partial charge in [-0.3, -0.25) is 9.59 Å². The number of likely N-dealkylation sites (tertiary alicyclic amines) is 1. The molecule has 0 aromatic rings. The molecule has 0 aromatic carbocycles. The quantitative estimate of drug-likeness (QED) is 0.679. The largest absolute Gasteiger partial charge is 0.391 e. The molecule has 8 heteroatoms. The Morgan fingerprint density at radius 2 is 1.73 bits per heavy atom. The first-order valence-electron chi connectivity index (χ1n) is 9.12. The Labute approximate surface area is 154 Å². The van der Waals surface area contributed by atoms with Crippen LogP contribution in [0, 0.1) is 11.3 Å². The summed E-state index contributed by atoms with van der Waals surface area (Å²) in [5, 5.41) is 13.1. The summed E-state index contributed by atoms with van der Waals surface area (Å²) in [5.74, 6) is 0.0516. The lowest BCUT2D eigenvalue weighted by Gasteiger charge is -2.52. The molecule has 1 spiro atoms. The highest BCUT2D eigenvalue weighted by atomic mass is 32.2. The molecule has 0 aromatic heterocycles. The lowest BCUT2D eigenvalue weighted by atomic mass is 9.63. The Bertz CT molecular complexity index is 734. The van der Waals surface area contributed by atoms with Crippen molar-refractivity contribution in [3.05, 3.63) is 11.1 Å². The lowest BCUT2D eigenvalue weighted by molar-refractivity contribution is -0.136. The van der Waals surface area contributed by atoms with Gasteiger partial charge in [-0.05, 0) is 45.4 Å². The lowest BCUT2D eigenvalue weighted by Crippen LogP contribution is -2.61. The van der Waals surface area contributed by atoms with Crippen LogP contribution >= 0.6 is 0 Å². The Morgan fingerprint density at radius 3 is 2.27 bits per heavy atom. The third-order valence-electron chi connectivity index (χ3n) is 5.91. The average molecular weight is 384 g/mol. The molecule has 2 atom stereocenters. The van der Waals surface area contributed by atoms with E-state index in [1.165, 1.54) is 0 Å². The number of sulfone groups is 1. The molecule has 2 unspecified atom stereocenters. The van der Waals surface area contributed by atoms with E-state index < -0.39 is 15.9 Å². The maximum atomic E-state index is 12.5. The van der Waals surface area contributed by atoms with E-state index in [4.69, 9.17) is 0 Å². The number of allylic oxidation sites excluding steroid dienone is 1. The zero-order valence-corrected chi connectivity index (χ0v) is 16.4. The molecule has 26 heavy (non-hydrogen) atoms. The Hall–Kier alpha value is -1.41. The van der Waals surface area contributed by atoms with Crippen LogP contribution in [0.2, 0.25) is 0 Å². The molecule has 2 heterocycles. The van der Waals surface area contributed by atoms with Gasteiger partial charge in [0.15, 0.2) is 9.84 Å². The minimum atomic E-state index is -2.88. The summed E-state index contributed by atoms with van der Waals surface area (Å²) in [6.45, 7) is 6.19. The molecule has 3 rings (SSSR count). The minimum absolute atomic E-state index is 0.0923. The fraction of sp³-hybridized carbons (Fsp3) is 0.778. The van der Waals surface area contributed by atoms with Gasteiger partial charge in [-0.2, -0.15) is 0 Å². The predicted octanol–water partition coefficient (Wildman–Crippen LogP) is 0.246. The van der Waals surface area contributed by atoms with E-state index in [-0.39, 0.29) is 47.2 Å². The van der Waals surface area contributed by atoms with Crippen LogP contribution in [0.1, 0.15) is 40.0 Å². The molecule has 2 amide bonds. The van der Waals surface area contributed by atoms with Crippen molar-refractivity contribution in [1.29, 1.82) is 0 Å². The smallest absolute Gasteiger partial charge is 0.249 e. The Morgan fingerprint density at radius 1 is 1.12 bits per heavy atom. The monoisotopic (exact) mass is 384 g/mol. The van der Waals surface area contributed by atoms with Crippen LogP contribution in [0.25, 0.3) is 0 Å². The summed E-state index contributed by atoms with van der Waals surface area (Å²) in [6.07, 6.45) is 1.00. The van der Waals surface area contributed by atoms with Gasteiger partial charge < -0.3 is 15.3 Å². The molecule has 2 aliphatic heterocycles. The fourth-order valence-electron chi connectivity index (χ4n) is 4.41. The summed E-state index contributed by atoms with van der Waals surface area (Å²) >= 11 is 0. The van der Waals surface area contributed by atoms with Crippen LogP contribution in [0.3, 0.4) is 0 Å². The summed E-state index contributed by atoms with van der Waals surface area (Å²) in [5.41, 5.74) is 1.43. The third-order valence-corrected chi connectivity index (χ3v) is 8.02. The van der Waals surface area contributed by atoms with Crippen molar-refractivity contribution in [2.45, 2.75) is 52.2 Å². The van der Waals surface area contributed by atoms with Crippen LogP contribution in [0.15, 0.2) is 11.1 Å². The number of hydrogen-bond acceptors (Lipinski definition) is 5. The number of carbonyl (C=O) groups excluding carboxylic acids is 2. The highest BCUT2D eigenvalue weighted by Crippen LogP contribution is 2.53. The van der Waals surface area contributed by atoms with Crippen molar-refractivity contribution in [3.8, 4) is 0 Å². The summed E-state index contributed by atoms with van der Waals surface area (Å²) in [6, 6.07) is -0.276.